The van der Waals surface area contributed by atoms with Crippen LogP contribution in [0.15, 0.2) is 71.7 Å². The molecule has 0 aromatic heterocycles. The van der Waals surface area contributed by atoms with Gasteiger partial charge in [-0.25, -0.2) is 0 Å². The summed E-state index contributed by atoms with van der Waals surface area (Å²) in [5.41, 5.74) is 2.05. The second kappa shape index (κ2) is 9.09. The molecular formula is C24H23ClN2O3. The molecule has 1 heterocycles. The molecule has 1 aliphatic heterocycles. The summed E-state index contributed by atoms with van der Waals surface area (Å²) in [7, 11) is 3.33. The fourth-order valence-corrected chi connectivity index (χ4v) is 3.53. The molecule has 0 N–H and O–H groups in total. The summed E-state index contributed by atoms with van der Waals surface area (Å²) in [4.78, 5) is 7.20. The number of anilines is 1. The van der Waals surface area contributed by atoms with E-state index in [-0.39, 0.29) is 6.17 Å². The number of fused-ring (bicyclic) bond motifs is 1. The van der Waals surface area contributed by atoms with Gasteiger partial charge < -0.3 is 19.1 Å². The molecule has 6 heteroatoms. The first kappa shape index (κ1) is 20.1. The van der Waals surface area contributed by atoms with Gasteiger partial charge in [-0.05, 0) is 48.0 Å². The summed E-state index contributed by atoms with van der Waals surface area (Å²) >= 11 is 5.72. The van der Waals surface area contributed by atoms with E-state index < -0.39 is 0 Å². The molecule has 3 aromatic carbocycles. The maximum Gasteiger partial charge on any atom is 0.151 e. The number of benzene rings is 3. The van der Waals surface area contributed by atoms with Gasteiger partial charge in [0.15, 0.2) is 6.17 Å². The molecule has 1 aliphatic rings. The summed E-state index contributed by atoms with van der Waals surface area (Å²) in [6.45, 7) is 0.480. The number of halogens is 1. The number of methoxy groups -OCH3 is 2. The zero-order valence-corrected chi connectivity index (χ0v) is 17.7. The number of para-hydroxylation sites is 1. The second-order valence-corrected chi connectivity index (χ2v) is 7.12. The lowest BCUT2D eigenvalue weighted by Gasteiger charge is -2.31. The zero-order valence-electron chi connectivity index (χ0n) is 16.9. The minimum atomic E-state index is -0.241. The van der Waals surface area contributed by atoms with Gasteiger partial charge in [0.25, 0.3) is 0 Å². The first-order valence-corrected chi connectivity index (χ1v) is 10.2. The Morgan fingerprint density at radius 1 is 0.900 bits per heavy atom. The molecule has 1 atom stereocenters. The minimum Gasteiger partial charge on any atom is -0.497 e. The van der Waals surface area contributed by atoms with Crippen LogP contribution in [0.25, 0.3) is 6.20 Å². The SMILES string of the molecule is COc1ccc(C2N=c3c(OC)cccc3=CN2c2ccc(OCCCl)cc2)cc1. The van der Waals surface area contributed by atoms with Crippen LogP contribution in [0.3, 0.4) is 0 Å². The largest absolute Gasteiger partial charge is 0.497 e. The maximum atomic E-state index is 5.72. The van der Waals surface area contributed by atoms with Crippen LogP contribution in [0.4, 0.5) is 5.69 Å². The summed E-state index contributed by atoms with van der Waals surface area (Å²) in [6, 6.07) is 21.8. The van der Waals surface area contributed by atoms with E-state index in [1.165, 1.54) is 0 Å². The van der Waals surface area contributed by atoms with Crippen molar-refractivity contribution in [3.8, 4) is 17.2 Å². The third-order valence-corrected chi connectivity index (χ3v) is 5.09. The van der Waals surface area contributed by atoms with Gasteiger partial charge in [-0.2, -0.15) is 0 Å². The highest BCUT2D eigenvalue weighted by Gasteiger charge is 2.22. The molecule has 0 saturated carbocycles. The monoisotopic (exact) mass is 422 g/mol. The van der Waals surface area contributed by atoms with Crippen molar-refractivity contribution in [1.29, 1.82) is 0 Å². The molecule has 0 spiro atoms. The highest BCUT2D eigenvalue weighted by Crippen LogP contribution is 2.32. The van der Waals surface area contributed by atoms with Crippen LogP contribution in [-0.4, -0.2) is 26.7 Å². The number of rotatable bonds is 7. The Morgan fingerprint density at radius 3 is 2.30 bits per heavy atom. The molecule has 154 valence electrons. The van der Waals surface area contributed by atoms with Gasteiger partial charge in [0.1, 0.15) is 29.2 Å². The van der Waals surface area contributed by atoms with Crippen molar-refractivity contribution in [2.45, 2.75) is 6.17 Å². The lowest BCUT2D eigenvalue weighted by Crippen LogP contribution is -2.38. The quantitative estimate of drug-likeness (QED) is 0.542. The molecule has 0 aliphatic carbocycles. The van der Waals surface area contributed by atoms with E-state index in [1.54, 1.807) is 14.2 Å². The van der Waals surface area contributed by atoms with Gasteiger partial charge in [0.05, 0.1) is 20.1 Å². The van der Waals surface area contributed by atoms with Crippen molar-refractivity contribution in [1.82, 2.24) is 0 Å². The number of hydrogen-bond donors (Lipinski definition) is 0. The summed E-state index contributed by atoms with van der Waals surface area (Å²) < 4.78 is 16.5. The van der Waals surface area contributed by atoms with Crippen molar-refractivity contribution < 1.29 is 14.2 Å². The van der Waals surface area contributed by atoms with Crippen LogP contribution in [0.1, 0.15) is 11.7 Å². The van der Waals surface area contributed by atoms with Gasteiger partial charge in [0.2, 0.25) is 0 Å². The molecule has 0 saturated heterocycles. The maximum absolute atomic E-state index is 5.72. The third kappa shape index (κ3) is 4.07. The van der Waals surface area contributed by atoms with E-state index in [0.29, 0.717) is 12.5 Å². The Balaban J connectivity index is 1.79. The number of hydrogen-bond acceptors (Lipinski definition) is 5. The van der Waals surface area contributed by atoms with Crippen LogP contribution in [-0.2, 0) is 0 Å². The predicted molar refractivity (Wildman–Crippen MR) is 119 cm³/mol. The summed E-state index contributed by atoms with van der Waals surface area (Å²) in [6.07, 6.45) is 1.86. The smallest absolute Gasteiger partial charge is 0.151 e. The van der Waals surface area contributed by atoms with Crippen LogP contribution in [0.2, 0.25) is 0 Å². The van der Waals surface area contributed by atoms with E-state index in [4.69, 9.17) is 30.8 Å². The lowest BCUT2D eigenvalue weighted by atomic mass is 10.1. The van der Waals surface area contributed by atoms with E-state index in [9.17, 15) is 0 Å². The van der Waals surface area contributed by atoms with Gasteiger partial charge in [-0.15, -0.1) is 11.6 Å². The first-order chi connectivity index (χ1) is 14.7. The Bertz CT molecular complexity index is 1110. The Morgan fingerprint density at radius 2 is 1.63 bits per heavy atom. The highest BCUT2D eigenvalue weighted by molar-refractivity contribution is 6.18. The summed E-state index contributed by atoms with van der Waals surface area (Å²) in [5, 5.41) is 1.85. The fraction of sp³-hybridized carbons (Fsp3) is 0.208. The molecule has 0 fully saturated rings. The van der Waals surface area contributed by atoms with Gasteiger partial charge in [-0.1, -0.05) is 24.3 Å². The van der Waals surface area contributed by atoms with Gasteiger partial charge in [0, 0.05) is 17.1 Å². The van der Waals surface area contributed by atoms with E-state index >= 15 is 0 Å². The van der Waals surface area contributed by atoms with Crippen LogP contribution in [0, 0.1) is 0 Å². The minimum absolute atomic E-state index is 0.241. The van der Waals surface area contributed by atoms with Crippen molar-refractivity contribution in [3.63, 3.8) is 0 Å². The average Bonchev–Trinajstić information content (AvgIpc) is 2.82. The molecule has 0 radical (unpaired) electrons. The Kier molecular flexibility index (Phi) is 6.10. The molecule has 0 bridgehead atoms. The zero-order chi connectivity index (χ0) is 20.9. The molecular weight excluding hydrogens is 400 g/mol. The van der Waals surface area contributed by atoms with Gasteiger partial charge in [-0.3, -0.25) is 4.99 Å². The number of nitrogens with zero attached hydrogens (tertiary/aromatic N) is 2. The average molecular weight is 423 g/mol. The molecule has 1 unspecified atom stereocenters. The molecule has 3 aromatic rings. The van der Waals surface area contributed by atoms with Crippen molar-refractivity contribution in [2.24, 2.45) is 4.99 Å². The normalized spacial score (nSPS) is 14.9. The third-order valence-electron chi connectivity index (χ3n) is 4.94. The van der Waals surface area contributed by atoms with Crippen molar-refractivity contribution in [2.75, 3.05) is 31.6 Å². The Labute approximate surface area is 180 Å². The van der Waals surface area contributed by atoms with Crippen molar-refractivity contribution >= 4 is 23.5 Å². The van der Waals surface area contributed by atoms with Crippen LogP contribution in [0.5, 0.6) is 17.2 Å². The van der Waals surface area contributed by atoms with Crippen LogP contribution >= 0.6 is 11.6 Å². The van der Waals surface area contributed by atoms with E-state index in [1.807, 2.05) is 66.7 Å². The topological polar surface area (TPSA) is 43.3 Å². The standard InChI is InChI=1S/C24H23ClN2O3/c1-28-20-10-6-17(7-11-20)24-26-23-18(4-3-5-22(23)29-2)16-27(24)19-8-12-21(13-9-19)30-15-14-25/h3-13,16,24H,14-15H2,1-2H3. The fourth-order valence-electron chi connectivity index (χ4n) is 3.45. The first-order valence-electron chi connectivity index (χ1n) is 9.67. The molecule has 0 amide bonds. The number of alkyl halides is 1. The highest BCUT2D eigenvalue weighted by atomic mass is 35.5. The molecule has 5 nitrogen and oxygen atoms in total. The molecule has 30 heavy (non-hydrogen) atoms. The van der Waals surface area contributed by atoms with Crippen LogP contribution < -0.4 is 29.7 Å². The lowest BCUT2D eigenvalue weighted by molar-refractivity contribution is 0.343. The second-order valence-electron chi connectivity index (χ2n) is 6.74. The van der Waals surface area contributed by atoms with E-state index in [0.717, 1.165) is 39.1 Å². The number of ether oxygens (including phenoxy) is 3. The predicted octanol–water partition coefficient (Wildman–Crippen LogP) is 3.90. The van der Waals surface area contributed by atoms with E-state index in [2.05, 4.69) is 11.1 Å². The Hall–Kier alpha value is -3.18. The van der Waals surface area contributed by atoms with Crippen molar-refractivity contribution in [3.05, 3.63) is 82.9 Å². The van der Waals surface area contributed by atoms with Gasteiger partial charge >= 0.3 is 0 Å². The molecule has 4 rings (SSSR count). The summed E-state index contributed by atoms with van der Waals surface area (Å²) in [5.74, 6) is 2.81.